The SMILES string of the molecule is N[C@H]([C]1[CH][CH][CH][CH]1)[C@@H](O)[C]1[CH][CH][CH][CH]1.[CH]1[CH][CH][CH][CH]1.[CH]1[CH][CH][CH][CH]1.[Fe+2].[Fe+2]. The number of hydrogen-bond acceptors (Lipinski definition) is 2. The van der Waals surface area contributed by atoms with Crippen molar-refractivity contribution in [1.29, 1.82) is 0 Å². The van der Waals surface area contributed by atoms with Crippen LogP contribution in [0.15, 0.2) is 0 Å². The van der Waals surface area contributed by atoms with Gasteiger partial charge in [-0.2, -0.15) is 0 Å². The Hall–Kier alpha value is 0.959. The summed E-state index contributed by atoms with van der Waals surface area (Å²) >= 11 is 0. The van der Waals surface area contributed by atoms with Crippen LogP contribution in [-0.2, 0) is 34.1 Å². The Morgan fingerprint density at radius 3 is 1.08 bits per heavy atom. The van der Waals surface area contributed by atoms with Gasteiger partial charge in [-0.1, -0.05) is 0 Å². The zero-order chi connectivity index (χ0) is 17.0. The van der Waals surface area contributed by atoms with Gasteiger partial charge in [0.1, 0.15) is 0 Å². The topological polar surface area (TPSA) is 46.2 Å². The quantitative estimate of drug-likeness (QED) is 0.678. The fourth-order valence-corrected chi connectivity index (χ4v) is 2.23. The average Bonchev–Trinajstić information content (AvgIpc) is 3.41. The maximum atomic E-state index is 9.92. The molecule has 134 valence electrons. The Balaban J connectivity index is 0.000000432. The zero-order valence-electron chi connectivity index (χ0n) is 14.3. The van der Waals surface area contributed by atoms with Gasteiger partial charge in [0.25, 0.3) is 0 Å². The van der Waals surface area contributed by atoms with Crippen molar-refractivity contribution in [2.75, 3.05) is 0 Å². The third kappa shape index (κ3) is 10.5. The fraction of sp³-hybridized carbons (Fsp3) is 0.0909. The minimum Gasteiger partial charge on any atom is -0.391 e. The van der Waals surface area contributed by atoms with Crippen LogP contribution in [-0.4, -0.2) is 17.3 Å². The summed E-state index contributed by atoms with van der Waals surface area (Å²) in [6.07, 6.45) is 34.6. The van der Waals surface area contributed by atoms with Gasteiger partial charge in [0.2, 0.25) is 0 Å². The van der Waals surface area contributed by atoms with Gasteiger partial charge in [0.05, 0.1) is 6.10 Å². The van der Waals surface area contributed by atoms with Crippen LogP contribution in [0.4, 0.5) is 0 Å². The van der Waals surface area contributed by atoms with Crippen LogP contribution in [0.5, 0.6) is 0 Å². The molecule has 4 rings (SSSR count). The van der Waals surface area contributed by atoms with Crippen molar-refractivity contribution >= 4 is 0 Å². The van der Waals surface area contributed by atoms with Crippen LogP contribution in [0, 0.1) is 127 Å². The molecule has 4 heteroatoms. The predicted molar refractivity (Wildman–Crippen MR) is 97.9 cm³/mol. The van der Waals surface area contributed by atoms with Gasteiger partial charge in [-0.3, -0.25) is 0 Å². The van der Waals surface area contributed by atoms with E-state index in [-0.39, 0.29) is 40.2 Å². The largest absolute Gasteiger partial charge is 2.00 e. The van der Waals surface area contributed by atoms with Gasteiger partial charge in [0, 0.05) is 17.9 Å². The summed E-state index contributed by atoms with van der Waals surface area (Å²) in [5.74, 6) is 1.84. The van der Waals surface area contributed by atoms with E-state index in [9.17, 15) is 5.11 Å². The molecule has 0 aliphatic heterocycles. The Morgan fingerprint density at radius 2 is 0.769 bits per heavy atom. The monoisotopic (exact) mass is 429 g/mol. The summed E-state index contributed by atoms with van der Waals surface area (Å²) in [6.45, 7) is 0. The van der Waals surface area contributed by atoms with Crippen molar-refractivity contribution in [2.45, 2.75) is 12.1 Å². The second-order valence-corrected chi connectivity index (χ2v) is 5.33. The van der Waals surface area contributed by atoms with E-state index in [2.05, 4.69) is 0 Å². The molecule has 0 bridgehead atoms. The summed E-state index contributed by atoms with van der Waals surface area (Å²) < 4.78 is 0. The van der Waals surface area contributed by atoms with Crippen LogP contribution in [0.3, 0.4) is 0 Å². The molecular weight excluding hydrogens is 406 g/mol. The van der Waals surface area contributed by atoms with Crippen molar-refractivity contribution in [2.24, 2.45) is 5.73 Å². The van der Waals surface area contributed by atoms with E-state index in [1.54, 1.807) is 0 Å². The van der Waals surface area contributed by atoms with Gasteiger partial charge in [-0.25, -0.2) is 0 Å². The summed E-state index contributed by atoms with van der Waals surface area (Å²) in [5.41, 5.74) is 5.92. The first kappa shape index (κ1) is 27.0. The van der Waals surface area contributed by atoms with E-state index in [0.717, 1.165) is 11.8 Å². The molecule has 0 unspecified atom stereocenters. The second-order valence-electron chi connectivity index (χ2n) is 5.33. The first-order valence-corrected chi connectivity index (χ1v) is 7.99. The molecule has 0 amide bonds. The molecule has 0 saturated heterocycles. The van der Waals surface area contributed by atoms with Crippen LogP contribution < -0.4 is 5.73 Å². The van der Waals surface area contributed by atoms with Crippen LogP contribution in [0.25, 0.3) is 0 Å². The summed E-state index contributed by atoms with van der Waals surface area (Å²) in [5, 5.41) is 9.92. The Labute approximate surface area is 184 Å². The predicted octanol–water partition coefficient (Wildman–Crippen LogP) is 2.52. The zero-order valence-corrected chi connectivity index (χ0v) is 16.5. The average molecular weight is 429 g/mol. The molecule has 0 aromatic carbocycles. The van der Waals surface area contributed by atoms with E-state index in [1.165, 1.54) is 0 Å². The number of rotatable bonds is 3. The van der Waals surface area contributed by atoms with Crippen molar-refractivity contribution in [3.63, 3.8) is 0 Å². The molecule has 4 aliphatic carbocycles. The molecule has 0 heterocycles. The van der Waals surface area contributed by atoms with E-state index < -0.39 is 6.10 Å². The van der Waals surface area contributed by atoms with Crippen molar-refractivity contribution in [3.05, 3.63) is 127 Å². The van der Waals surface area contributed by atoms with Gasteiger partial charge in [-0.05, 0) is 116 Å². The molecule has 20 radical (unpaired) electrons. The van der Waals surface area contributed by atoms with Crippen molar-refractivity contribution in [3.8, 4) is 0 Å². The number of aliphatic hydroxyl groups excluding tert-OH is 1. The first-order chi connectivity index (χ1) is 11.8. The minimum absolute atomic E-state index is 0. The number of hydrogen-bond donors (Lipinski definition) is 2. The second kappa shape index (κ2) is 16.9. The Morgan fingerprint density at radius 1 is 0.500 bits per heavy atom. The van der Waals surface area contributed by atoms with Gasteiger partial charge in [0.15, 0.2) is 0 Å². The first-order valence-electron chi connectivity index (χ1n) is 7.99. The van der Waals surface area contributed by atoms with E-state index in [0.29, 0.717) is 0 Å². The van der Waals surface area contributed by atoms with E-state index in [4.69, 9.17) is 5.73 Å². The minimum atomic E-state index is -0.618. The van der Waals surface area contributed by atoms with Crippen molar-refractivity contribution < 1.29 is 39.2 Å². The van der Waals surface area contributed by atoms with Crippen LogP contribution in [0.2, 0.25) is 0 Å². The molecule has 3 N–H and O–H groups in total. The van der Waals surface area contributed by atoms with Crippen molar-refractivity contribution in [1.82, 2.24) is 0 Å². The van der Waals surface area contributed by atoms with Gasteiger partial charge in [-0.15, -0.1) is 0 Å². The molecule has 26 heavy (non-hydrogen) atoms. The molecular formula is C22H23Fe2NO+4. The molecule has 2 atom stereocenters. The third-order valence-electron chi connectivity index (χ3n) is 3.55. The van der Waals surface area contributed by atoms with E-state index >= 15 is 0 Å². The Bertz CT molecular complexity index is 251. The molecule has 0 aromatic heterocycles. The fourth-order valence-electron chi connectivity index (χ4n) is 2.23. The standard InChI is InChI=1S/C12H13NO.2C5H5.2Fe/c13-11(9-5-1-2-6-9)12(14)10-7-3-4-8-10;2*1-2-4-5-3-1;;/h1-8,11-12,14H,13H2;2*1-5H;;/q;;;2*+2/t11-,12+;;;;/m1..../s1. The normalized spacial score (nSPS) is 25.2. The number of aliphatic hydroxyl groups is 1. The molecule has 4 aliphatic rings. The summed E-state index contributed by atoms with van der Waals surface area (Å²) in [7, 11) is 0. The number of nitrogens with two attached hydrogens (primary N) is 1. The van der Waals surface area contributed by atoms with Crippen LogP contribution >= 0.6 is 0 Å². The third-order valence-corrected chi connectivity index (χ3v) is 3.55. The molecule has 4 saturated carbocycles. The molecule has 4 fully saturated rings. The van der Waals surface area contributed by atoms with Crippen LogP contribution in [0.1, 0.15) is 0 Å². The molecule has 0 aromatic rings. The summed E-state index contributed by atoms with van der Waals surface area (Å²) in [6, 6.07) is -0.340. The molecule has 0 spiro atoms. The van der Waals surface area contributed by atoms with Gasteiger partial charge >= 0.3 is 34.1 Å². The smallest absolute Gasteiger partial charge is 0.391 e. The molecule has 2 nitrogen and oxygen atoms in total. The van der Waals surface area contributed by atoms with E-state index in [1.807, 2.05) is 116 Å². The Kier molecular flexibility index (Phi) is 17.5. The summed E-state index contributed by atoms with van der Waals surface area (Å²) in [4.78, 5) is 0. The van der Waals surface area contributed by atoms with Gasteiger partial charge < -0.3 is 10.8 Å². The maximum absolute atomic E-state index is 9.92. The maximum Gasteiger partial charge on any atom is 2.00 e.